The van der Waals surface area contributed by atoms with Crippen molar-refractivity contribution < 1.29 is 4.74 Å². The fourth-order valence-electron chi connectivity index (χ4n) is 1.92. The van der Waals surface area contributed by atoms with Crippen LogP contribution >= 0.6 is 0 Å². The minimum atomic E-state index is 0.652. The second-order valence-corrected chi connectivity index (χ2v) is 4.57. The van der Waals surface area contributed by atoms with E-state index in [1.54, 1.807) is 0 Å². The molecule has 1 saturated heterocycles. The predicted octanol–water partition coefficient (Wildman–Crippen LogP) is 4.31. The van der Waals surface area contributed by atoms with Gasteiger partial charge < -0.3 is 4.74 Å². The molecule has 1 fully saturated rings. The molecular weight excluding hydrogens is 172 g/mol. The van der Waals surface area contributed by atoms with Gasteiger partial charge in [0.05, 0.1) is 12.7 Å². The topological polar surface area (TPSA) is 12.5 Å². The summed E-state index contributed by atoms with van der Waals surface area (Å²) < 4.78 is 5.18. The quantitative estimate of drug-likeness (QED) is 0.376. The van der Waals surface area contributed by atoms with Gasteiger partial charge in [0, 0.05) is 0 Å². The molecule has 1 heteroatoms. The molecule has 0 aromatic carbocycles. The molecule has 1 atom stereocenters. The number of epoxide rings is 1. The Labute approximate surface area is 89.2 Å². The first-order chi connectivity index (χ1) is 6.93. The van der Waals surface area contributed by atoms with E-state index in [0.29, 0.717) is 6.10 Å². The Morgan fingerprint density at radius 2 is 1.36 bits per heavy atom. The molecule has 1 aliphatic rings. The third-order valence-corrected chi connectivity index (χ3v) is 3.03. The SMILES string of the molecule is CCCCCCCCCCC[C@H]1CO1. The molecule has 0 unspecified atom stereocenters. The van der Waals surface area contributed by atoms with Crippen LogP contribution in [0.2, 0.25) is 0 Å². The van der Waals surface area contributed by atoms with Crippen molar-refractivity contribution in [2.75, 3.05) is 6.61 Å². The smallest absolute Gasteiger partial charge is 0.0810 e. The van der Waals surface area contributed by atoms with Crippen LogP contribution in [0.3, 0.4) is 0 Å². The lowest BCUT2D eigenvalue weighted by molar-refractivity contribution is 0.387. The molecule has 14 heavy (non-hydrogen) atoms. The van der Waals surface area contributed by atoms with Crippen molar-refractivity contribution in [3.05, 3.63) is 0 Å². The minimum Gasteiger partial charge on any atom is -0.373 e. The maximum atomic E-state index is 5.18. The van der Waals surface area contributed by atoms with Gasteiger partial charge in [-0.1, -0.05) is 64.7 Å². The lowest BCUT2D eigenvalue weighted by Crippen LogP contribution is -1.86. The summed E-state index contributed by atoms with van der Waals surface area (Å²) in [6.45, 7) is 3.32. The van der Waals surface area contributed by atoms with Gasteiger partial charge in [0.15, 0.2) is 0 Å². The molecule has 84 valence electrons. The average molecular weight is 198 g/mol. The number of hydrogen-bond donors (Lipinski definition) is 0. The molecule has 0 spiro atoms. The Morgan fingerprint density at radius 3 is 1.86 bits per heavy atom. The van der Waals surface area contributed by atoms with Gasteiger partial charge in [0.2, 0.25) is 0 Å². The fraction of sp³-hybridized carbons (Fsp3) is 1.00. The van der Waals surface area contributed by atoms with Crippen molar-refractivity contribution in [1.82, 2.24) is 0 Å². The first kappa shape index (κ1) is 12.0. The highest BCUT2D eigenvalue weighted by atomic mass is 16.6. The maximum absolute atomic E-state index is 5.18. The van der Waals surface area contributed by atoms with E-state index in [4.69, 9.17) is 4.74 Å². The Morgan fingerprint density at radius 1 is 0.857 bits per heavy atom. The van der Waals surface area contributed by atoms with Gasteiger partial charge in [-0.25, -0.2) is 0 Å². The summed E-state index contributed by atoms with van der Waals surface area (Å²) in [5.74, 6) is 0. The summed E-state index contributed by atoms with van der Waals surface area (Å²) in [7, 11) is 0. The molecule has 1 rings (SSSR count). The van der Waals surface area contributed by atoms with Crippen molar-refractivity contribution >= 4 is 0 Å². The van der Waals surface area contributed by atoms with Gasteiger partial charge in [-0.2, -0.15) is 0 Å². The van der Waals surface area contributed by atoms with E-state index >= 15 is 0 Å². The fourth-order valence-corrected chi connectivity index (χ4v) is 1.92. The summed E-state index contributed by atoms with van der Waals surface area (Å²) in [5.41, 5.74) is 0. The molecule has 0 aliphatic carbocycles. The van der Waals surface area contributed by atoms with Gasteiger partial charge in [-0.05, 0) is 6.42 Å². The number of rotatable bonds is 10. The van der Waals surface area contributed by atoms with E-state index in [2.05, 4.69) is 6.92 Å². The molecule has 1 nitrogen and oxygen atoms in total. The summed E-state index contributed by atoms with van der Waals surface area (Å²) in [4.78, 5) is 0. The van der Waals surface area contributed by atoms with Crippen molar-refractivity contribution in [3.63, 3.8) is 0 Å². The highest BCUT2D eigenvalue weighted by molar-refractivity contribution is 4.68. The zero-order valence-electron chi connectivity index (χ0n) is 9.76. The van der Waals surface area contributed by atoms with Crippen molar-refractivity contribution in [2.45, 2.75) is 77.2 Å². The predicted molar refractivity (Wildman–Crippen MR) is 61.6 cm³/mol. The zero-order valence-corrected chi connectivity index (χ0v) is 9.76. The van der Waals surface area contributed by atoms with E-state index < -0.39 is 0 Å². The highest BCUT2D eigenvalue weighted by Gasteiger charge is 2.20. The van der Waals surface area contributed by atoms with Gasteiger partial charge in [0.25, 0.3) is 0 Å². The van der Waals surface area contributed by atoms with Gasteiger partial charge in [-0.15, -0.1) is 0 Å². The number of ether oxygens (including phenoxy) is 1. The lowest BCUT2D eigenvalue weighted by atomic mass is 10.1. The van der Waals surface area contributed by atoms with E-state index in [9.17, 15) is 0 Å². The molecule has 1 heterocycles. The minimum absolute atomic E-state index is 0.652. The van der Waals surface area contributed by atoms with E-state index in [0.717, 1.165) is 6.61 Å². The van der Waals surface area contributed by atoms with Crippen LogP contribution in [-0.2, 0) is 4.74 Å². The van der Waals surface area contributed by atoms with Gasteiger partial charge >= 0.3 is 0 Å². The van der Waals surface area contributed by atoms with Gasteiger partial charge in [-0.3, -0.25) is 0 Å². The second kappa shape index (κ2) is 8.28. The van der Waals surface area contributed by atoms with Crippen LogP contribution in [0.5, 0.6) is 0 Å². The highest BCUT2D eigenvalue weighted by Crippen LogP contribution is 2.18. The van der Waals surface area contributed by atoms with E-state index in [1.165, 1.54) is 64.2 Å². The van der Waals surface area contributed by atoms with Crippen LogP contribution in [0.25, 0.3) is 0 Å². The molecule has 0 radical (unpaired) electrons. The Bertz CT molecular complexity index is 118. The van der Waals surface area contributed by atoms with Crippen LogP contribution in [0.1, 0.15) is 71.1 Å². The average Bonchev–Trinajstić information content (AvgIpc) is 2.99. The molecule has 0 saturated carbocycles. The summed E-state index contributed by atoms with van der Waals surface area (Å²) >= 11 is 0. The normalized spacial score (nSPS) is 19.9. The first-order valence-electron chi connectivity index (χ1n) is 6.55. The second-order valence-electron chi connectivity index (χ2n) is 4.57. The Balaban J connectivity index is 1.63. The Kier molecular flexibility index (Phi) is 7.12. The van der Waals surface area contributed by atoms with Crippen LogP contribution in [-0.4, -0.2) is 12.7 Å². The number of unbranched alkanes of at least 4 members (excludes halogenated alkanes) is 8. The lowest BCUT2D eigenvalue weighted by Gasteiger charge is -2.00. The maximum Gasteiger partial charge on any atom is 0.0810 e. The van der Waals surface area contributed by atoms with E-state index in [1.807, 2.05) is 0 Å². The number of hydrogen-bond acceptors (Lipinski definition) is 1. The summed E-state index contributed by atoms with van der Waals surface area (Å²) in [6, 6.07) is 0. The summed E-state index contributed by atoms with van der Waals surface area (Å²) in [6.07, 6.45) is 14.8. The molecule has 0 amide bonds. The van der Waals surface area contributed by atoms with Crippen molar-refractivity contribution in [2.24, 2.45) is 0 Å². The van der Waals surface area contributed by atoms with Crippen LogP contribution < -0.4 is 0 Å². The molecule has 0 bridgehead atoms. The third kappa shape index (κ3) is 7.37. The third-order valence-electron chi connectivity index (χ3n) is 3.03. The van der Waals surface area contributed by atoms with Crippen LogP contribution in [0, 0.1) is 0 Å². The molecule has 1 aliphatic heterocycles. The summed E-state index contributed by atoms with van der Waals surface area (Å²) in [5, 5.41) is 0. The first-order valence-corrected chi connectivity index (χ1v) is 6.55. The Hall–Kier alpha value is -0.0400. The molecule has 0 N–H and O–H groups in total. The van der Waals surface area contributed by atoms with Crippen molar-refractivity contribution in [1.29, 1.82) is 0 Å². The zero-order chi connectivity index (χ0) is 10.1. The standard InChI is InChI=1S/C13H26O/c1-2-3-4-5-6-7-8-9-10-11-13-12-14-13/h13H,2-12H2,1H3/t13-/m0/s1. The molecule has 0 aromatic heterocycles. The van der Waals surface area contributed by atoms with Gasteiger partial charge in [0.1, 0.15) is 0 Å². The molecular formula is C13H26O. The monoisotopic (exact) mass is 198 g/mol. The largest absolute Gasteiger partial charge is 0.373 e. The van der Waals surface area contributed by atoms with Crippen molar-refractivity contribution in [3.8, 4) is 0 Å². The molecule has 0 aromatic rings. The van der Waals surface area contributed by atoms with Crippen LogP contribution in [0.4, 0.5) is 0 Å². The van der Waals surface area contributed by atoms with E-state index in [-0.39, 0.29) is 0 Å². The van der Waals surface area contributed by atoms with Crippen LogP contribution in [0.15, 0.2) is 0 Å².